The smallest absolute Gasteiger partial charge is 0.311 e. The van der Waals surface area contributed by atoms with Crippen LogP contribution in [-0.2, 0) is 14.3 Å². The first-order chi connectivity index (χ1) is 16.1. The van der Waals surface area contributed by atoms with Crippen molar-refractivity contribution in [1.82, 2.24) is 4.90 Å². The summed E-state index contributed by atoms with van der Waals surface area (Å²) >= 11 is 2.71. The lowest BCUT2D eigenvalue weighted by atomic mass is 9.97. The molecule has 1 aliphatic heterocycles. The fourth-order valence-electron chi connectivity index (χ4n) is 3.77. The lowest BCUT2D eigenvalue weighted by Gasteiger charge is -2.32. The third-order valence-corrected chi connectivity index (χ3v) is 7.27. The molecule has 0 saturated carbocycles. The molecule has 1 amide bonds. The minimum absolute atomic E-state index is 0.0482. The highest BCUT2D eigenvalue weighted by Crippen LogP contribution is 2.30. The van der Waals surface area contributed by atoms with E-state index >= 15 is 0 Å². The number of ketones is 1. The predicted molar refractivity (Wildman–Crippen MR) is 128 cm³/mol. The van der Waals surface area contributed by atoms with Crippen molar-refractivity contribution in [2.45, 2.75) is 25.4 Å². The van der Waals surface area contributed by atoms with Gasteiger partial charge in [-0.3, -0.25) is 14.4 Å². The SMILES string of the molecule is O=C(O[C@@H](C(=O)c1cccs1)c1cccs1)[C@@H]1CCCN(C(=O)CCOc2ccccc2)C1. The Morgan fingerprint density at radius 2 is 1.79 bits per heavy atom. The van der Waals surface area contributed by atoms with E-state index in [1.54, 1.807) is 23.1 Å². The number of piperidine rings is 1. The molecule has 33 heavy (non-hydrogen) atoms. The first-order valence-corrected chi connectivity index (χ1v) is 12.6. The average Bonchev–Trinajstić information content (AvgIpc) is 3.57. The Labute approximate surface area is 200 Å². The van der Waals surface area contributed by atoms with E-state index in [-0.39, 0.29) is 24.7 Å². The summed E-state index contributed by atoms with van der Waals surface area (Å²) in [4.78, 5) is 41.6. The summed E-state index contributed by atoms with van der Waals surface area (Å²) in [6.45, 7) is 1.19. The Hall–Kier alpha value is -2.97. The molecular weight excluding hydrogens is 458 g/mol. The Morgan fingerprint density at radius 3 is 2.52 bits per heavy atom. The summed E-state index contributed by atoms with van der Waals surface area (Å²) in [6.07, 6.45) is 0.633. The summed E-state index contributed by atoms with van der Waals surface area (Å²) in [6, 6.07) is 16.5. The van der Waals surface area contributed by atoms with E-state index in [0.717, 1.165) is 5.75 Å². The second-order valence-corrected chi connectivity index (χ2v) is 9.69. The standard InChI is InChI=1S/C25H25NO5S2/c27-22(12-14-30-19-8-2-1-3-9-19)26-13-4-7-18(17-26)25(29)31-24(21-11-6-16-33-21)23(28)20-10-5-15-32-20/h1-3,5-6,8-11,15-16,18,24H,4,7,12-14,17H2/t18-,24-/m1/s1. The zero-order valence-corrected chi connectivity index (χ0v) is 19.7. The summed E-state index contributed by atoms with van der Waals surface area (Å²) in [5.74, 6) is -0.427. The van der Waals surface area contributed by atoms with E-state index < -0.39 is 18.0 Å². The van der Waals surface area contributed by atoms with Crippen molar-refractivity contribution < 1.29 is 23.9 Å². The van der Waals surface area contributed by atoms with Crippen molar-refractivity contribution in [2.24, 2.45) is 5.92 Å². The van der Waals surface area contributed by atoms with Crippen molar-refractivity contribution >= 4 is 40.3 Å². The molecule has 0 bridgehead atoms. The summed E-state index contributed by atoms with van der Waals surface area (Å²) in [5.41, 5.74) is 0. The van der Waals surface area contributed by atoms with Gasteiger partial charge in [0.05, 0.1) is 28.7 Å². The second-order valence-electron chi connectivity index (χ2n) is 7.76. The predicted octanol–water partition coefficient (Wildman–Crippen LogP) is 4.98. The van der Waals surface area contributed by atoms with Crippen molar-refractivity contribution in [2.75, 3.05) is 19.7 Å². The molecule has 1 aromatic carbocycles. The number of Topliss-reactive ketones (excluding diaryl/α,β-unsaturated/α-hetero) is 1. The van der Waals surface area contributed by atoms with E-state index in [1.807, 2.05) is 47.2 Å². The molecule has 0 spiro atoms. The molecule has 1 fully saturated rings. The van der Waals surface area contributed by atoms with E-state index in [2.05, 4.69) is 0 Å². The molecular formula is C25H25NO5S2. The maximum atomic E-state index is 13.0. The number of carbonyl (C=O) groups excluding carboxylic acids is 3. The largest absolute Gasteiger partial charge is 0.493 e. The van der Waals surface area contributed by atoms with Crippen LogP contribution >= 0.6 is 22.7 Å². The fourth-order valence-corrected chi connectivity index (χ4v) is 5.20. The van der Waals surface area contributed by atoms with Gasteiger partial charge in [0.15, 0.2) is 6.10 Å². The molecule has 4 rings (SSSR count). The van der Waals surface area contributed by atoms with Crippen LogP contribution in [0.2, 0.25) is 0 Å². The van der Waals surface area contributed by atoms with Crippen molar-refractivity contribution in [1.29, 1.82) is 0 Å². The molecule has 6 nitrogen and oxygen atoms in total. The summed E-state index contributed by atoms with van der Waals surface area (Å²) in [5, 5.41) is 3.68. The number of rotatable bonds is 9. The maximum absolute atomic E-state index is 13.0. The molecule has 1 aliphatic rings. The lowest BCUT2D eigenvalue weighted by Crippen LogP contribution is -2.43. The molecule has 0 unspecified atom stereocenters. The van der Waals surface area contributed by atoms with Gasteiger partial charge in [0.2, 0.25) is 11.7 Å². The lowest BCUT2D eigenvalue weighted by molar-refractivity contribution is -0.155. The number of likely N-dealkylation sites (tertiary alicyclic amines) is 1. The average molecular weight is 484 g/mol. The molecule has 0 radical (unpaired) electrons. The number of benzene rings is 1. The number of ether oxygens (including phenoxy) is 2. The van der Waals surface area contributed by atoms with E-state index in [1.165, 1.54) is 22.7 Å². The van der Waals surface area contributed by atoms with E-state index in [9.17, 15) is 14.4 Å². The van der Waals surface area contributed by atoms with Gasteiger partial charge in [-0.25, -0.2) is 0 Å². The topological polar surface area (TPSA) is 72.9 Å². The monoisotopic (exact) mass is 483 g/mol. The van der Waals surface area contributed by atoms with Gasteiger partial charge >= 0.3 is 5.97 Å². The molecule has 3 aromatic rings. The molecule has 1 saturated heterocycles. The zero-order valence-electron chi connectivity index (χ0n) is 18.1. The van der Waals surface area contributed by atoms with Crippen molar-refractivity contribution in [3.05, 3.63) is 75.1 Å². The highest BCUT2D eigenvalue weighted by atomic mass is 32.1. The Kier molecular flexibility index (Phi) is 7.91. The minimum Gasteiger partial charge on any atom is -0.493 e. The van der Waals surface area contributed by atoms with Crippen LogP contribution in [0.5, 0.6) is 5.75 Å². The van der Waals surface area contributed by atoms with Gasteiger partial charge in [-0.2, -0.15) is 0 Å². The third kappa shape index (κ3) is 6.09. The molecule has 2 aromatic heterocycles. The minimum atomic E-state index is -0.957. The molecule has 8 heteroatoms. The van der Waals surface area contributed by atoms with Gasteiger partial charge in [0.25, 0.3) is 0 Å². The van der Waals surface area contributed by atoms with Gasteiger partial charge < -0.3 is 14.4 Å². The van der Waals surface area contributed by atoms with Crippen LogP contribution in [0.15, 0.2) is 65.4 Å². The highest BCUT2D eigenvalue weighted by molar-refractivity contribution is 7.12. The number of hydrogen-bond donors (Lipinski definition) is 0. The van der Waals surface area contributed by atoms with Crippen LogP contribution in [0.1, 0.15) is 39.9 Å². The van der Waals surface area contributed by atoms with Crippen LogP contribution in [0.3, 0.4) is 0 Å². The zero-order chi connectivity index (χ0) is 23.0. The quantitative estimate of drug-likeness (QED) is 0.317. The number of carbonyl (C=O) groups is 3. The first-order valence-electron chi connectivity index (χ1n) is 10.9. The Bertz CT molecular complexity index is 1050. The number of hydrogen-bond acceptors (Lipinski definition) is 7. The van der Waals surface area contributed by atoms with Gasteiger partial charge in [-0.1, -0.05) is 30.3 Å². The van der Waals surface area contributed by atoms with Crippen LogP contribution in [-0.4, -0.2) is 42.3 Å². The van der Waals surface area contributed by atoms with Gasteiger partial charge in [0.1, 0.15) is 5.75 Å². The van der Waals surface area contributed by atoms with Crippen molar-refractivity contribution in [3.8, 4) is 5.75 Å². The normalized spacial score (nSPS) is 16.7. The number of nitrogens with zero attached hydrogens (tertiary/aromatic N) is 1. The molecule has 3 heterocycles. The Balaban J connectivity index is 1.34. The third-order valence-electron chi connectivity index (χ3n) is 5.47. The van der Waals surface area contributed by atoms with Crippen molar-refractivity contribution in [3.63, 3.8) is 0 Å². The van der Waals surface area contributed by atoms with Crippen LogP contribution in [0, 0.1) is 5.92 Å². The highest BCUT2D eigenvalue weighted by Gasteiger charge is 2.34. The maximum Gasteiger partial charge on any atom is 0.311 e. The van der Waals surface area contributed by atoms with Gasteiger partial charge in [-0.05, 0) is 47.9 Å². The van der Waals surface area contributed by atoms with Crippen LogP contribution < -0.4 is 4.74 Å². The van der Waals surface area contributed by atoms with E-state index in [4.69, 9.17) is 9.47 Å². The van der Waals surface area contributed by atoms with E-state index in [0.29, 0.717) is 35.7 Å². The molecule has 2 atom stereocenters. The first kappa shape index (κ1) is 23.2. The van der Waals surface area contributed by atoms with Crippen LogP contribution in [0.25, 0.3) is 0 Å². The summed E-state index contributed by atoms with van der Waals surface area (Å²) in [7, 11) is 0. The second kappa shape index (κ2) is 11.2. The molecule has 172 valence electrons. The number of esters is 1. The number of para-hydroxylation sites is 1. The van der Waals surface area contributed by atoms with Crippen LogP contribution in [0.4, 0.5) is 0 Å². The fraction of sp³-hybridized carbons (Fsp3) is 0.320. The molecule has 0 aliphatic carbocycles. The number of thiophene rings is 2. The number of amides is 1. The Morgan fingerprint density at radius 1 is 1.00 bits per heavy atom. The summed E-state index contributed by atoms with van der Waals surface area (Å²) < 4.78 is 11.4. The molecule has 0 N–H and O–H groups in total. The van der Waals surface area contributed by atoms with Gasteiger partial charge in [0, 0.05) is 13.1 Å². The van der Waals surface area contributed by atoms with Gasteiger partial charge in [-0.15, -0.1) is 22.7 Å².